The third-order valence-electron chi connectivity index (χ3n) is 2.25. The van der Waals surface area contributed by atoms with Gasteiger partial charge in [-0.1, -0.05) is 30.3 Å². The van der Waals surface area contributed by atoms with E-state index in [-0.39, 0.29) is 6.04 Å². The van der Waals surface area contributed by atoms with E-state index in [9.17, 15) is 0 Å². The van der Waals surface area contributed by atoms with Gasteiger partial charge in [0.25, 0.3) is 0 Å². The van der Waals surface area contributed by atoms with Crippen LogP contribution in [0.5, 0.6) is 0 Å². The van der Waals surface area contributed by atoms with E-state index in [0.29, 0.717) is 0 Å². The van der Waals surface area contributed by atoms with Crippen LogP contribution in [-0.2, 0) is 0 Å². The van der Waals surface area contributed by atoms with Crippen molar-refractivity contribution in [3.63, 3.8) is 0 Å². The Labute approximate surface area is 89.3 Å². The van der Waals surface area contributed by atoms with Crippen molar-refractivity contribution in [1.82, 2.24) is 0 Å². The predicted molar refractivity (Wildman–Crippen MR) is 61.2 cm³/mol. The first kappa shape index (κ1) is 9.71. The molecule has 0 aliphatic heterocycles. The molecule has 1 aromatic carbocycles. The van der Waals surface area contributed by atoms with Crippen LogP contribution in [0.15, 0.2) is 58.1 Å². The molecule has 1 unspecified atom stereocenters. The van der Waals surface area contributed by atoms with Gasteiger partial charge in [-0.25, -0.2) is 0 Å². The molecule has 2 rings (SSSR count). The van der Waals surface area contributed by atoms with E-state index in [1.165, 1.54) is 5.56 Å². The average Bonchev–Trinajstić information content (AvgIpc) is 2.80. The monoisotopic (exact) mass is 199 g/mol. The number of furan rings is 1. The Kier molecular flexibility index (Phi) is 2.98. The van der Waals surface area contributed by atoms with Crippen LogP contribution in [0.2, 0.25) is 0 Å². The Morgan fingerprint density at radius 3 is 2.60 bits per heavy atom. The number of rotatable bonds is 3. The van der Waals surface area contributed by atoms with Crippen molar-refractivity contribution in [2.24, 2.45) is 4.99 Å². The van der Waals surface area contributed by atoms with Gasteiger partial charge >= 0.3 is 0 Å². The molecule has 0 fully saturated rings. The van der Waals surface area contributed by atoms with E-state index in [1.807, 2.05) is 30.3 Å². The lowest BCUT2D eigenvalue weighted by Gasteiger charge is -2.04. The molecule has 2 aromatic rings. The minimum atomic E-state index is 0.163. The topological polar surface area (TPSA) is 25.5 Å². The molecule has 0 bridgehead atoms. The molecule has 0 aliphatic carbocycles. The van der Waals surface area contributed by atoms with E-state index < -0.39 is 0 Å². The number of aliphatic imine (C=N–C) groups is 1. The van der Waals surface area contributed by atoms with Crippen LogP contribution in [0.25, 0.3) is 0 Å². The van der Waals surface area contributed by atoms with E-state index >= 15 is 0 Å². The van der Waals surface area contributed by atoms with Gasteiger partial charge in [0.1, 0.15) is 5.76 Å². The molecule has 1 atom stereocenters. The molecule has 1 aromatic heterocycles. The predicted octanol–water partition coefficient (Wildman–Crippen LogP) is 3.46. The van der Waals surface area contributed by atoms with Crippen molar-refractivity contribution in [1.29, 1.82) is 0 Å². The number of hydrogen-bond acceptors (Lipinski definition) is 2. The first-order chi connectivity index (χ1) is 7.36. The zero-order valence-corrected chi connectivity index (χ0v) is 8.63. The lowest BCUT2D eigenvalue weighted by Crippen LogP contribution is -1.89. The quantitative estimate of drug-likeness (QED) is 0.695. The highest BCUT2D eigenvalue weighted by Crippen LogP contribution is 2.15. The molecule has 15 heavy (non-hydrogen) atoms. The molecule has 0 saturated carbocycles. The van der Waals surface area contributed by atoms with Crippen molar-refractivity contribution >= 4 is 6.21 Å². The maximum absolute atomic E-state index is 5.17. The third kappa shape index (κ3) is 2.56. The number of hydrogen-bond donors (Lipinski definition) is 0. The molecule has 0 radical (unpaired) electrons. The highest BCUT2D eigenvalue weighted by molar-refractivity contribution is 5.75. The van der Waals surface area contributed by atoms with Crippen molar-refractivity contribution in [3.8, 4) is 0 Å². The minimum Gasteiger partial charge on any atom is -0.463 e. The van der Waals surface area contributed by atoms with Gasteiger partial charge < -0.3 is 4.42 Å². The largest absolute Gasteiger partial charge is 0.463 e. The van der Waals surface area contributed by atoms with Gasteiger partial charge in [-0.3, -0.25) is 4.99 Å². The van der Waals surface area contributed by atoms with E-state index in [4.69, 9.17) is 4.42 Å². The third-order valence-corrected chi connectivity index (χ3v) is 2.25. The fourth-order valence-corrected chi connectivity index (χ4v) is 1.37. The Morgan fingerprint density at radius 1 is 1.13 bits per heavy atom. The minimum absolute atomic E-state index is 0.163. The van der Waals surface area contributed by atoms with Gasteiger partial charge in [-0.05, 0) is 24.6 Å². The van der Waals surface area contributed by atoms with E-state index in [0.717, 1.165) is 5.76 Å². The molecular formula is C13H13NO. The summed E-state index contributed by atoms with van der Waals surface area (Å²) in [4.78, 5) is 4.42. The van der Waals surface area contributed by atoms with Crippen LogP contribution in [0.3, 0.4) is 0 Å². The first-order valence-corrected chi connectivity index (χ1v) is 4.98. The zero-order valence-electron chi connectivity index (χ0n) is 8.63. The lowest BCUT2D eigenvalue weighted by molar-refractivity contribution is 0.559. The summed E-state index contributed by atoms with van der Waals surface area (Å²) in [7, 11) is 0. The Balaban J connectivity index is 2.07. The fraction of sp³-hybridized carbons (Fsp3) is 0.154. The maximum Gasteiger partial charge on any atom is 0.144 e. The van der Waals surface area contributed by atoms with E-state index in [2.05, 4.69) is 24.0 Å². The van der Waals surface area contributed by atoms with Gasteiger partial charge in [0.05, 0.1) is 18.5 Å². The summed E-state index contributed by atoms with van der Waals surface area (Å²) in [6, 6.07) is 14.1. The van der Waals surface area contributed by atoms with Gasteiger partial charge in [0.15, 0.2) is 0 Å². The number of nitrogens with zero attached hydrogens (tertiary/aromatic N) is 1. The van der Waals surface area contributed by atoms with Crippen LogP contribution in [0.1, 0.15) is 24.3 Å². The van der Waals surface area contributed by atoms with Gasteiger partial charge in [0, 0.05) is 0 Å². The SMILES string of the molecule is CC(N=Cc1ccco1)c1ccccc1. The molecule has 2 heteroatoms. The molecule has 0 N–H and O–H groups in total. The van der Waals surface area contributed by atoms with E-state index in [1.54, 1.807) is 12.5 Å². The smallest absolute Gasteiger partial charge is 0.144 e. The van der Waals surface area contributed by atoms with Crippen molar-refractivity contribution in [2.75, 3.05) is 0 Å². The summed E-state index contributed by atoms with van der Waals surface area (Å²) in [5, 5.41) is 0. The molecule has 76 valence electrons. The summed E-state index contributed by atoms with van der Waals surface area (Å²) in [5.41, 5.74) is 1.21. The van der Waals surface area contributed by atoms with Gasteiger partial charge in [-0.2, -0.15) is 0 Å². The molecule has 0 aliphatic rings. The van der Waals surface area contributed by atoms with Crippen LogP contribution in [-0.4, -0.2) is 6.21 Å². The first-order valence-electron chi connectivity index (χ1n) is 4.98. The Hall–Kier alpha value is -1.83. The summed E-state index contributed by atoms with van der Waals surface area (Å²) in [6.07, 6.45) is 3.41. The second-order valence-corrected chi connectivity index (χ2v) is 3.38. The van der Waals surface area contributed by atoms with Crippen molar-refractivity contribution in [3.05, 3.63) is 60.1 Å². The second-order valence-electron chi connectivity index (χ2n) is 3.38. The van der Waals surface area contributed by atoms with Crippen LogP contribution in [0, 0.1) is 0 Å². The Morgan fingerprint density at radius 2 is 1.93 bits per heavy atom. The molecule has 1 heterocycles. The molecule has 2 nitrogen and oxygen atoms in total. The van der Waals surface area contributed by atoms with Crippen molar-refractivity contribution < 1.29 is 4.42 Å². The summed E-state index contributed by atoms with van der Waals surface area (Å²) < 4.78 is 5.17. The standard InChI is InChI=1S/C13H13NO/c1-11(12-6-3-2-4-7-12)14-10-13-8-5-9-15-13/h2-11H,1H3. The highest BCUT2D eigenvalue weighted by Gasteiger charge is 2.00. The molecule has 0 amide bonds. The van der Waals surface area contributed by atoms with Crippen molar-refractivity contribution in [2.45, 2.75) is 13.0 Å². The maximum atomic E-state index is 5.17. The van der Waals surface area contributed by atoms with Crippen LogP contribution < -0.4 is 0 Å². The zero-order chi connectivity index (χ0) is 10.5. The second kappa shape index (κ2) is 4.60. The molecular weight excluding hydrogens is 186 g/mol. The summed E-state index contributed by atoms with van der Waals surface area (Å²) in [5.74, 6) is 0.790. The molecule has 0 spiro atoms. The summed E-state index contributed by atoms with van der Waals surface area (Å²) >= 11 is 0. The average molecular weight is 199 g/mol. The Bertz CT molecular complexity index is 417. The molecule has 0 saturated heterocycles. The van der Waals surface area contributed by atoms with Gasteiger partial charge in [-0.15, -0.1) is 0 Å². The summed E-state index contributed by atoms with van der Waals surface area (Å²) in [6.45, 7) is 2.06. The highest BCUT2D eigenvalue weighted by atomic mass is 16.3. The van der Waals surface area contributed by atoms with Gasteiger partial charge in [0.2, 0.25) is 0 Å². The normalized spacial score (nSPS) is 13.1. The fourth-order valence-electron chi connectivity index (χ4n) is 1.37. The number of benzene rings is 1. The van der Waals surface area contributed by atoms with Crippen LogP contribution >= 0.6 is 0 Å². The van der Waals surface area contributed by atoms with Crippen LogP contribution in [0.4, 0.5) is 0 Å². The lowest BCUT2D eigenvalue weighted by atomic mass is 10.1.